The molecule has 6 nitrogen and oxygen atoms in total. The molecule has 0 unspecified atom stereocenters. The molecule has 0 bridgehead atoms. The van der Waals surface area contributed by atoms with Gasteiger partial charge in [0, 0.05) is 31.3 Å². The molecule has 0 aliphatic carbocycles. The molecule has 2 aromatic heterocycles. The fraction of sp³-hybridized carbons (Fsp3) is 0.318. The summed E-state index contributed by atoms with van der Waals surface area (Å²) in [6.45, 7) is 1.34. The second kappa shape index (κ2) is 8.25. The molecule has 1 amide bonds. The first-order chi connectivity index (χ1) is 13.7. The van der Waals surface area contributed by atoms with Gasteiger partial charge in [-0.3, -0.25) is 9.78 Å². The van der Waals surface area contributed by atoms with Crippen LogP contribution in [0.15, 0.2) is 59.3 Å². The number of pyridine rings is 1. The maximum absolute atomic E-state index is 12.7. The number of rotatable bonds is 5. The summed E-state index contributed by atoms with van der Waals surface area (Å²) in [4.78, 5) is 23.2. The summed E-state index contributed by atoms with van der Waals surface area (Å²) < 4.78 is 11.5. The van der Waals surface area contributed by atoms with Crippen molar-refractivity contribution in [3.63, 3.8) is 0 Å². The highest BCUT2D eigenvalue weighted by Crippen LogP contribution is 2.29. The predicted molar refractivity (Wildman–Crippen MR) is 104 cm³/mol. The number of piperidine rings is 1. The van der Waals surface area contributed by atoms with E-state index in [-0.39, 0.29) is 11.8 Å². The van der Waals surface area contributed by atoms with Crippen molar-refractivity contribution in [3.8, 4) is 5.75 Å². The molecule has 1 aliphatic heterocycles. The van der Waals surface area contributed by atoms with E-state index in [0.717, 1.165) is 36.5 Å². The van der Waals surface area contributed by atoms with E-state index < -0.39 is 0 Å². The Labute approximate surface area is 164 Å². The molecular formula is C22H23N3O3. The van der Waals surface area contributed by atoms with Crippen molar-refractivity contribution in [1.82, 2.24) is 14.9 Å². The number of likely N-dealkylation sites (tertiary alicyclic amines) is 1. The fourth-order valence-electron chi connectivity index (χ4n) is 3.64. The third kappa shape index (κ3) is 3.91. The SMILES string of the molecule is COc1ccccc1Cc1cnc([C@@H]2CCCN(C(=O)c3ccccn3)C2)o1. The summed E-state index contributed by atoms with van der Waals surface area (Å²) in [5.41, 5.74) is 1.54. The summed E-state index contributed by atoms with van der Waals surface area (Å²) in [6.07, 6.45) is 5.93. The van der Waals surface area contributed by atoms with E-state index in [1.165, 1.54) is 0 Å². The van der Waals surface area contributed by atoms with E-state index in [0.29, 0.717) is 24.6 Å². The Bertz CT molecular complexity index is 939. The number of hydrogen-bond acceptors (Lipinski definition) is 5. The molecule has 0 radical (unpaired) electrons. The van der Waals surface area contributed by atoms with E-state index in [1.54, 1.807) is 25.6 Å². The molecule has 28 heavy (non-hydrogen) atoms. The topological polar surface area (TPSA) is 68.5 Å². The van der Waals surface area contributed by atoms with Crippen LogP contribution in [-0.4, -0.2) is 41.0 Å². The summed E-state index contributed by atoms with van der Waals surface area (Å²) >= 11 is 0. The fourth-order valence-corrected chi connectivity index (χ4v) is 3.64. The van der Waals surface area contributed by atoms with Crippen molar-refractivity contribution in [2.45, 2.75) is 25.2 Å². The summed E-state index contributed by atoms with van der Waals surface area (Å²) in [5.74, 6) is 2.40. The molecule has 3 aromatic rings. The van der Waals surface area contributed by atoms with Gasteiger partial charge in [-0.2, -0.15) is 0 Å². The lowest BCUT2D eigenvalue weighted by atomic mass is 9.97. The van der Waals surface area contributed by atoms with Crippen LogP contribution in [0, 0.1) is 0 Å². The molecule has 0 spiro atoms. The molecule has 1 aromatic carbocycles. The van der Waals surface area contributed by atoms with Gasteiger partial charge in [-0.15, -0.1) is 0 Å². The minimum atomic E-state index is -0.0360. The van der Waals surface area contributed by atoms with Crippen LogP contribution in [0.1, 0.15) is 46.5 Å². The van der Waals surface area contributed by atoms with Crippen molar-refractivity contribution < 1.29 is 13.9 Å². The van der Waals surface area contributed by atoms with Crippen LogP contribution in [-0.2, 0) is 6.42 Å². The average Bonchev–Trinajstić information content (AvgIpc) is 3.23. The van der Waals surface area contributed by atoms with E-state index in [2.05, 4.69) is 9.97 Å². The first-order valence-electron chi connectivity index (χ1n) is 9.51. The molecule has 0 N–H and O–H groups in total. The van der Waals surface area contributed by atoms with Crippen LogP contribution < -0.4 is 4.74 Å². The molecule has 1 saturated heterocycles. The number of oxazole rings is 1. The summed E-state index contributed by atoms with van der Waals surface area (Å²) in [7, 11) is 1.67. The average molecular weight is 377 g/mol. The first-order valence-corrected chi connectivity index (χ1v) is 9.51. The predicted octanol–water partition coefficient (Wildman–Crippen LogP) is 3.69. The summed E-state index contributed by atoms with van der Waals surface area (Å²) in [6, 6.07) is 13.3. The van der Waals surface area contributed by atoms with Crippen LogP contribution in [0.4, 0.5) is 0 Å². The van der Waals surface area contributed by atoms with Crippen molar-refractivity contribution in [2.75, 3.05) is 20.2 Å². The number of para-hydroxylation sites is 1. The van der Waals surface area contributed by atoms with Crippen molar-refractivity contribution in [1.29, 1.82) is 0 Å². The Hall–Kier alpha value is -3.15. The lowest BCUT2D eigenvalue weighted by molar-refractivity contribution is 0.0692. The van der Waals surface area contributed by atoms with Crippen molar-refractivity contribution >= 4 is 5.91 Å². The third-order valence-corrected chi connectivity index (χ3v) is 5.07. The van der Waals surface area contributed by atoms with Crippen LogP contribution in [0.5, 0.6) is 5.75 Å². The number of nitrogens with zero attached hydrogens (tertiary/aromatic N) is 3. The van der Waals surface area contributed by atoms with E-state index in [9.17, 15) is 4.79 Å². The van der Waals surface area contributed by atoms with Gasteiger partial charge in [0.1, 0.15) is 17.2 Å². The smallest absolute Gasteiger partial charge is 0.272 e. The monoisotopic (exact) mass is 377 g/mol. The second-order valence-corrected chi connectivity index (χ2v) is 6.96. The van der Waals surface area contributed by atoms with Gasteiger partial charge in [0.05, 0.1) is 19.2 Å². The van der Waals surface area contributed by atoms with Gasteiger partial charge < -0.3 is 14.1 Å². The molecule has 0 saturated carbocycles. The number of aromatic nitrogens is 2. The molecule has 144 valence electrons. The number of carbonyl (C=O) groups excluding carboxylic acids is 1. The van der Waals surface area contributed by atoms with Crippen LogP contribution in [0.2, 0.25) is 0 Å². The lowest BCUT2D eigenvalue weighted by Gasteiger charge is -2.31. The second-order valence-electron chi connectivity index (χ2n) is 6.96. The molecule has 3 heterocycles. The van der Waals surface area contributed by atoms with Gasteiger partial charge in [-0.1, -0.05) is 24.3 Å². The van der Waals surface area contributed by atoms with E-state index in [4.69, 9.17) is 9.15 Å². The number of amides is 1. The molecule has 4 rings (SSSR count). The zero-order valence-corrected chi connectivity index (χ0v) is 15.9. The number of methoxy groups -OCH3 is 1. The normalized spacial score (nSPS) is 16.8. The van der Waals surface area contributed by atoms with Crippen molar-refractivity contribution in [3.05, 3.63) is 77.8 Å². The van der Waals surface area contributed by atoms with Crippen molar-refractivity contribution in [2.24, 2.45) is 0 Å². The van der Waals surface area contributed by atoms with Crippen LogP contribution in [0.3, 0.4) is 0 Å². The Morgan fingerprint density at radius 1 is 1.21 bits per heavy atom. The molecular weight excluding hydrogens is 354 g/mol. The molecule has 1 fully saturated rings. The maximum Gasteiger partial charge on any atom is 0.272 e. The number of ether oxygens (including phenoxy) is 1. The molecule has 1 atom stereocenters. The number of hydrogen-bond donors (Lipinski definition) is 0. The minimum absolute atomic E-state index is 0.0360. The standard InChI is InChI=1S/C22H23N3O3/c1-27-20-10-3-2-7-16(20)13-18-14-24-21(28-18)17-8-6-12-25(15-17)22(26)19-9-4-5-11-23-19/h2-5,7,9-11,14,17H,6,8,12-13,15H2,1H3/t17-/m1/s1. The zero-order chi connectivity index (χ0) is 19.3. The Morgan fingerprint density at radius 3 is 2.89 bits per heavy atom. The highest BCUT2D eigenvalue weighted by molar-refractivity contribution is 5.92. The molecule has 6 heteroatoms. The Morgan fingerprint density at radius 2 is 2.07 bits per heavy atom. The van der Waals surface area contributed by atoms with Gasteiger partial charge in [-0.25, -0.2) is 4.98 Å². The van der Waals surface area contributed by atoms with E-state index >= 15 is 0 Å². The Balaban J connectivity index is 1.45. The quantitative estimate of drug-likeness (QED) is 0.678. The number of carbonyl (C=O) groups is 1. The van der Waals surface area contributed by atoms with Crippen LogP contribution >= 0.6 is 0 Å². The largest absolute Gasteiger partial charge is 0.496 e. The van der Waals surface area contributed by atoms with Gasteiger partial charge in [0.15, 0.2) is 5.89 Å². The minimum Gasteiger partial charge on any atom is -0.496 e. The third-order valence-electron chi connectivity index (χ3n) is 5.07. The van der Waals surface area contributed by atoms with Gasteiger partial charge in [0.25, 0.3) is 5.91 Å². The van der Waals surface area contributed by atoms with Gasteiger partial charge >= 0.3 is 0 Å². The van der Waals surface area contributed by atoms with Crippen LogP contribution in [0.25, 0.3) is 0 Å². The highest BCUT2D eigenvalue weighted by Gasteiger charge is 2.28. The summed E-state index contributed by atoms with van der Waals surface area (Å²) in [5, 5.41) is 0. The maximum atomic E-state index is 12.7. The first kappa shape index (κ1) is 18.2. The lowest BCUT2D eigenvalue weighted by Crippen LogP contribution is -2.39. The van der Waals surface area contributed by atoms with E-state index in [1.807, 2.05) is 41.3 Å². The molecule has 1 aliphatic rings. The van der Waals surface area contributed by atoms with Gasteiger partial charge in [-0.05, 0) is 31.0 Å². The number of benzene rings is 1. The zero-order valence-electron chi connectivity index (χ0n) is 15.9. The van der Waals surface area contributed by atoms with Gasteiger partial charge in [0.2, 0.25) is 0 Å². The Kier molecular flexibility index (Phi) is 5.37. The highest BCUT2D eigenvalue weighted by atomic mass is 16.5.